The Labute approximate surface area is 246 Å². The number of carbonyl (C=O) groups excluding carboxylic acids is 2. The van der Waals surface area contributed by atoms with E-state index in [1.165, 1.54) is 4.90 Å². The zero-order valence-corrected chi connectivity index (χ0v) is 24.5. The molecule has 10 nitrogen and oxygen atoms in total. The number of pyridine rings is 1. The summed E-state index contributed by atoms with van der Waals surface area (Å²) in [7, 11) is 0. The van der Waals surface area contributed by atoms with Crippen LogP contribution in [0.15, 0.2) is 36.5 Å². The van der Waals surface area contributed by atoms with Gasteiger partial charge >= 0.3 is 6.09 Å². The maximum Gasteiger partial charge on any atom is 0.407 e. The fraction of sp³-hybridized carbons (Fsp3) is 0.548. The van der Waals surface area contributed by atoms with Gasteiger partial charge in [-0.1, -0.05) is 6.07 Å². The van der Waals surface area contributed by atoms with Crippen molar-refractivity contribution in [2.75, 3.05) is 25.0 Å². The molecule has 4 aliphatic rings. The van der Waals surface area contributed by atoms with Crippen molar-refractivity contribution in [3.8, 4) is 0 Å². The van der Waals surface area contributed by atoms with Gasteiger partial charge in [0.2, 0.25) is 0 Å². The van der Waals surface area contributed by atoms with E-state index >= 15 is 0 Å². The Morgan fingerprint density at radius 2 is 1.71 bits per heavy atom. The van der Waals surface area contributed by atoms with Gasteiger partial charge in [0.1, 0.15) is 11.6 Å². The number of anilines is 2. The van der Waals surface area contributed by atoms with E-state index in [0.717, 1.165) is 44.7 Å². The normalized spacial score (nSPS) is 25.4. The van der Waals surface area contributed by atoms with Crippen molar-refractivity contribution in [2.45, 2.75) is 83.0 Å². The Kier molecular flexibility index (Phi) is 8.68. The van der Waals surface area contributed by atoms with Gasteiger partial charge in [-0.2, -0.15) is 0 Å². The SMILES string of the molecule is CC(C)(C)N(C(=O)O)[C@H]1CC[C@@H](NC(=O)c2cc(F)cnc2Nc2cccc(C(=O)NC3CN4CCC3CC4)c2)CC1. The fourth-order valence-electron chi connectivity index (χ4n) is 6.70. The van der Waals surface area contributed by atoms with Crippen LogP contribution in [0.1, 0.15) is 80.0 Å². The molecule has 1 saturated carbocycles. The van der Waals surface area contributed by atoms with Crippen LogP contribution in [0.3, 0.4) is 0 Å². The molecule has 4 heterocycles. The van der Waals surface area contributed by atoms with Crippen LogP contribution in [-0.2, 0) is 0 Å². The number of nitrogens with one attached hydrogen (secondary N) is 3. The monoisotopic (exact) mass is 580 g/mol. The highest BCUT2D eigenvalue weighted by Gasteiger charge is 2.37. The van der Waals surface area contributed by atoms with Crippen molar-refractivity contribution >= 4 is 29.4 Å². The second kappa shape index (κ2) is 12.2. The lowest BCUT2D eigenvalue weighted by molar-refractivity contribution is 0.0519. The number of aromatic nitrogens is 1. The molecule has 2 bridgehead atoms. The number of carbonyl (C=O) groups is 3. The van der Waals surface area contributed by atoms with Crippen LogP contribution in [0.4, 0.5) is 20.7 Å². The minimum atomic E-state index is -0.947. The summed E-state index contributed by atoms with van der Waals surface area (Å²) in [6.45, 7) is 8.70. The van der Waals surface area contributed by atoms with Crippen LogP contribution in [0.25, 0.3) is 0 Å². The molecular formula is C31H41FN6O4. The molecule has 0 radical (unpaired) electrons. The van der Waals surface area contributed by atoms with Gasteiger partial charge in [-0.15, -0.1) is 0 Å². The largest absolute Gasteiger partial charge is 0.465 e. The van der Waals surface area contributed by atoms with Gasteiger partial charge in [-0.25, -0.2) is 14.2 Å². The summed E-state index contributed by atoms with van der Waals surface area (Å²) >= 11 is 0. The number of benzene rings is 1. The Balaban J connectivity index is 1.22. The first-order chi connectivity index (χ1) is 20.0. The maximum atomic E-state index is 14.2. The Bertz CT molecular complexity index is 1310. The van der Waals surface area contributed by atoms with E-state index < -0.39 is 23.4 Å². The summed E-state index contributed by atoms with van der Waals surface area (Å²) < 4.78 is 14.2. The molecule has 0 spiro atoms. The Morgan fingerprint density at radius 1 is 1.00 bits per heavy atom. The maximum absolute atomic E-state index is 14.2. The van der Waals surface area contributed by atoms with Gasteiger partial charge < -0.3 is 30.9 Å². The van der Waals surface area contributed by atoms with Crippen molar-refractivity contribution in [3.05, 3.63) is 53.5 Å². The van der Waals surface area contributed by atoms with Crippen molar-refractivity contribution < 1.29 is 23.9 Å². The number of carboxylic acid groups (broad SMARTS) is 1. The lowest BCUT2D eigenvalue weighted by atomic mass is 9.84. The molecule has 1 atom stereocenters. The summed E-state index contributed by atoms with van der Waals surface area (Å²) in [6.07, 6.45) is 4.76. The van der Waals surface area contributed by atoms with E-state index in [-0.39, 0.29) is 35.4 Å². The molecule has 1 unspecified atom stereocenters. The predicted molar refractivity (Wildman–Crippen MR) is 157 cm³/mol. The molecular weight excluding hydrogens is 539 g/mol. The van der Waals surface area contributed by atoms with Crippen molar-refractivity contribution in [2.24, 2.45) is 5.92 Å². The first-order valence-corrected chi connectivity index (χ1v) is 14.9. The number of hydrogen-bond acceptors (Lipinski definition) is 6. The highest BCUT2D eigenvalue weighted by molar-refractivity contribution is 6.00. The van der Waals surface area contributed by atoms with Crippen LogP contribution in [0.5, 0.6) is 0 Å². The standard InChI is InChI=1S/C31H41FN6O4/c1-31(2,3)38(30(41)42)24-9-7-22(8-10-24)35-29(40)25-16-21(32)17-33-27(25)34-23-6-4-5-20(15-23)28(39)36-26-18-37-13-11-19(26)12-14-37/h4-6,15-17,19,22,24,26H,7-14,18H2,1-3H3,(H,33,34)(H,35,40)(H,36,39)(H,41,42)/t22-,24+,26?. The molecule has 6 rings (SSSR count). The van der Waals surface area contributed by atoms with E-state index in [2.05, 4.69) is 25.8 Å². The zero-order chi connectivity index (χ0) is 30.0. The van der Waals surface area contributed by atoms with Crippen LogP contribution >= 0.6 is 0 Å². The third-order valence-electron chi connectivity index (χ3n) is 8.78. The van der Waals surface area contributed by atoms with E-state index in [0.29, 0.717) is 42.9 Å². The summed E-state index contributed by atoms with van der Waals surface area (Å²) in [4.78, 5) is 46.2. The van der Waals surface area contributed by atoms with E-state index in [4.69, 9.17) is 0 Å². The third kappa shape index (κ3) is 6.83. The molecule has 3 amide bonds. The Hall–Kier alpha value is -3.73. The highest BCUT2D eigenvalue weighted by atomic mass is 19.1. The molecule has 11 heteroatoms. The van der Waals surface area contributed by atoms with E-state index in [1.54, 1.807) is 24.3 Å². The first-order valence-electron chi connectivity index (χ1n) is 14.9. The lowest BCUT2D eigenvalue weighted by Gasteiger charge is -2.44. The summed E-state index contributed by atoms with van der Waals surface area (Å²) in [5.74, 6) is -0.555. The number of nitrogens with zero attached hydrogens (tertiary/aromatic N) is 3. The number of fused-ring (bicyclic) bond motifs is 3. The van der Waals surface area contributed by atoms with Gasteiger partial charge in [0.15, 0.2) is 0 Å². The molecule has 42 heavy (non-hydrogen) atoms. The Morgan fingerprint density at radius 3 is 2.33 bits per heavy atom. The smallest absolute Gasteiger partial charge is 0.407 e. The quantitative estimate of drug-likeness (QED) is 0.377. The molecule has 2 aromatic rings. The molecule has 1 aromatic carbocycles. The van der Waals surface area contributed by atoms with Gasteiger partial charge in [-0.05, 0) is 103 Å². The van der Waals surface area contributed by atoms with Gasteiger partial charge in [-0.3, -0.25) is 9.59 Å². The van der Waals surface area contributed by atoms with Crippen LogP contribution in [0, 0.1) is 11.7 Å². The molecule has 1 aliphatic carbocycles. The van der Waals surface area contributed by atoms with Crippen molar-refractivity contribution in [1.82, 2.24) is 25.4 Å². The predicted octanol–water partition coefficient (Wildman–Crippen LogP) is 4.61. The van der Waals surface area contributed by atoms with Gasteiger partial charge in [0.05, 0.1) is 11.8 Å². The topological polar surface area (TPSA) is 127 Å². The van der Waals surface area contributed by atoms with Crippen LogP contribution in [-0.4, -0.2) is 81.1 Å². The molecule has 3 saturated heterocycles. The van der Waals surface area contributed by atoms with Crippen LogP contribution in [0.2, 0.25) is 0 Å². The minimum absolute atomic E-state index is 0.0566. The number of hydrogen-bond donors (Lipinski definition) is 4. The van der Waals surface area contributed by atoms with E-state index in [1.807, 2.05) is 20.8 Å². The molecule has 4 N–H and O–H groups in total. The number of rotatable bonds is 7. The minimum Gasteiger partial charge on any atom is -0.465 e. The highest BCUT2D eigenvalue weighted by Crippen LogP contribution is 2.30. The van der Waals surface area contributed by atoms with Crippen molar-refractivity contribution in [3.63, 3.8) is 0 Å². The van der Waals surface area contributed by atoms with Crippen molar-refractivity contribution in [1.29, 1.82) is 0 Å². The second-order valence-electron chi connectivity index (χ2n) is 12.8. The molecule has 1 aromatic heterocycles. The zero-order valence-electron chi connectivity index (χ0n) is 24.5. The van der Waals surface area contributed by atoms with Gasteiger partial charge in [0, 0.05) is 41.5 Å². The average molecular weight is 581 g/mol. The number of amides is 3. The third-order valence-corrected chi connectivity index (χ3v) is 8.78. The summed E-state index contributed by atoms with van der Waals surface area (Å²) in [6, 6.07) is 7.96. The van der Waals surface area contributed by atoms with Crippen LogP contribution < -0.4 is 16.0 Å². The summed E-state index contributed by atoms with van der Waals surface area (Å²) in [5.41, 5.74) is 0.584. The number of halogens is 1. The molecule has 226 valence electrons. The molecule has 4 fully saturated rings. The second-order valence-corrected chi connectivity index (χ2v) is 12.8. The molecule has 3 aliphatic heterocycles. The van der Waals surface area contributed by atoms with E-state index in [9.17, 15) is 23.9 Å². The fourth-order valence-corrected chi connectivity index (χ4v) is 6.70. The first kappa shape index (κ1) is 29.8. The number of piperidine rings is 3. The lowest BCUT2D eigenvalue weighted by Crippen LogP contribution is -2.57. The summed E-state index contributed by atoms with van der Waals surface area (Å²) in [5, 5.41) is 19.0. The average Bonchev–Trinajstić information content (AvgIpc) is 2.95. The van der Waals surface area contributed by atoms with Gasteiger partial charge in [0.25, 0.3) is 11.8 Å².